The second-order valence-corrected chi connectivity index (χ2v) is 5.18. The molecule has 0 bridgehead atoms. The summed E-state index contributed by atoms with van der Waals surface area (Å²) in [5.41, 5.74) is 6.08. The van der Waals surface area contributed by atoms with Gasteiger partial charge in [0.2, 0.25) is 5.95 Å². The number of hydrogen-bond donors (Lipinski definition) is 2. The van der Waals surface area contributed by atoms with Gasteiger partial charge in [0.1, 0.15) is 0 Å². The minimum Gasteiger partial charge on any atom is -0.376 e. The second-order valence-electron chi connectivity index (χ2n) is 4.26. The first-order chi connectivity index (χ1) is 7.75. The average molecular weight is 285 g/mol. The topological polar surface area (TPSA) is 73.1 Å². The van der Waals surface area contributed by atoms with E-state index in [9.17, 15) is 0 Å². The van der Waals surface area contributed by atoms with Gasteiger partial charge in [-0.25, -0.2) is 9.97 Å². The zero-order valence-corrected chi connectivity index (χ0v) is 10.2. The highest BCUT2D eigenvalue weighted by molar-refractivity contribution is 9.10. The Balaban J connectivity index is 1.69. The molecule has 1 aromatic rings. The third-order valence-corrected chi connectivity index (χ3v) is 3.77. The van der Waals surface area contributed by atoms with E-state index < -0.39 is 0 Å². The highest BCUT2D eigenvalue weighted by Gasteiger charge is 2.52. The highest BCUT2D eigenvalue weighted by atomic mass is 79.9. The Morgan fingerprint density at radius 2 is 2.19 bits per heavy atom. The standard InChI is InChI=1S/C10H13BrN4O/c11-5-3-13-10(14-4-5)15-8-7(12)6-1-2-16-9(6)8/h3-4,6-9H,1-2,12H2,(H,13,14,15). The number of aromatic nitrogens is 2. The molecule has 3 N–H and O–H groups in total. The molecule has 4 atom stereocenters. The van der Waals surface area contributed by atoms with Crippen LogP contribution in [0.1, 0.15) is 6.42 Å². The number of nitrogens with one attached hydrogen (secondary N) is 1. The molecule has 3 rings (SSSR count). The molecule has 16 heavy (non-hydrogen) atoms. The number of ether oxygens (including phenoxy) is 1. The van der Waals surface area contributed by atoms with E-state index in [-0.39, 0.29) is 18.2 Å². The van der Waals surface area contributed by atoms with Gasteiger partial charge in [-0.15, -0.1) is 0 Å². The summed E-state index contributed by atoms with van der Waals surface area (Å²) in [7, 11) is 0. The van der Waals surface area contributed by atoms with Crippen molar-refractivity contribution in [1.82, 2.24) is 9.97 Å². The summed E-state index contributed by atoms with van der Waals surface area (Å²) in [6.45, 7) is 0.822. The van der Waals surface area contributed by atoms with Crippen LogP contribution in [-0.2, 0) is 4.74 Å². The fraction of sp³-hybridized carbons (Fsp3) is 0.600. The van der Waals surface area contributed by atoms with Crippen LogP contribution >= 0.6 is 15.9 Å². The van der Waals surface area contributed by atoms with Crippen LogP contribution in [0.15, 0.2) is 16.9 Å². The van der Waals surface area contributed by atoms with Crippen molar-refractivity contribution in [3.05, 3.63) is 16.9 Å². The maximum absolute atomic E-state index is 6.08. The lowest BCUT2D eigenvalue weighted by Gasteiger charge is -2.45. The summed E-state index contributed by atoms with van der Waals surface area (Å²) in [6.07, 6.45) is 4.74. The number of hydrogen-bond acceptors (Lipinski definition) is 5. The molecule has 2 aliphatic rings. The van der Waals surface area contributed by atoms with Crippen LogP contribution in [0.3, 0.4) is 0 Å². The highest BCUT2D eigenvalue weighted by Crippen LogP contribution is 2.38. The van der Waals surface area contributed by atoms with E-state index in [2.05, 4.69) is 31.2 Å². The molecule has 2 fully saturated rings. The molecule has 0 spiro atoms. The SMILES string of the molecule is NC1C2CCOC2C1Nc1ncc(Br)cn1. The molecule has 1 saturated carbocycles. The maximum atomic E-state index is 6.08. The Labute approximate surface area is 102 Å². The van der Waals surface area contributed by atoms with Crippen LogP contribution < -0.4 is 11.1 Å². The first-order valence-electron chi connectivity index (χ1n) is 5.37. The Morgan fingerprint density at radius 1 is 1.44 bits per heavy atom. The summed E-state index contributed by atoms with van der Waals surface area (Å²) in [5, 5.41) is 3.23. The predicted octanol–water partition coefficient (Wildman–Crippen LogP) is 0.766. The van der Waals surface area contributed by atoms with Gasteiger partial charge in [-0.05, 0) is 22.4 Å². The second kappa shape index (κ2) is 3.94. The first kappa shape index (κ1) is 10.4. The summed E-state index contributed by atoms with van der Waals surface area (Å²) in [5.74, 6) is 1.12. The lowest BCUT2D eigenvalue weighted by Crippen LogP contribution is -2.65. The zero-order chi connectivity index (χ0) is 11.1. The normalized spacial score (nSPS) is 36.6. The van der Waals surface area contributed by atoms with Gasteiger partial charge in [0.05, 0.1) is 16.6 Å². The summed E-state index contributed by atoms with van der Waals surface area (Å²) in [4.78, 5) is 8.34. The molecule has 0 amide bonds. The van der Waals surface area contributed by atoms with Crippen molar-refractivity contribution in [3.8, 4) is 0 Å². The van der Waals surface area contributed by atoms with E-state index in [1.165, 1.54) is 0 Å². The molecule has 86 valence electrons. The number of halogens is 1. The van der Waals surface area contributed by atoms with Crippen LogP contribution in [0, 0.1) is 5.92 Å². The van der Waals surface area contributed by atoms with Crippen molar-refractivity contribution in [2.24, 2.45) is 11.7 Å². The van der Waals surface area contributed by atoms with E-state index >= 15 is 0 Å². The van der Waals surface area contributed by atoms with E-state index in [1.54, 1.807) is 12.4 Å². The van der Waals surface area contributed by atoms with Gasteiger partial charge >= 0.3 is 0 Å². The van der Waals surface area contributed by atoms with Gasteiger partial charge in [-0.1, -0.05) is 0 Å². The van der Waals surface area contributed by atoms with E-state index in [0.29, 0.717) is 11.9 Å². The Hall–Kier alpha value is -0.720. The number of anilines is 1. The van der Waals surface area contributed by atoms with E-state index in [1.807, 2.05) is 0 Å². The predicted molar refractivity (Wildman–Crippen MR) is 63.0 cm³/mol. The van der Waals surface area contributed by atoms with Crippen molar-refractivity contribution < 1.29 is 4.74 Å². The molecular formula is C10H13BrN4O. The van der Waals surface area contributed by atoms with Crippen molar-refractivity contribution >= 4 is 21.9 Å². The third-order valence-electron chi connectivity index (χ3n) is 3.36. The molecule has 2 heterocycles. The van der Waals surface area contributed by atoms with Gasteiger partial charge < -0.3 is 15.8 Å². The zero-order valence-electron chi connectivity index (χ0n) is 8.64. The van der Waals surface area contributed by atoms with Crippen molar-refractivity contribution in [3.63, 3.8) is 0 Å². The average Bonchev–Trinajstić information content (AvgIpc) is 2.73. The number of nitrogens with two attached hydrogens (primary N) is 1. The quantitative estimate of drug-likeness (QED) is 0.839. The molecule has 1 saturated heterocycles. The largest absolute Gasteiger partial charge is 0.376 e. The van der Waals surface area contributed by atoms with Gasteiger partial charge in [-0.2, -0.15) is 0 Å². The monoisotopic (exact) mass is 284 g/mol. The van der Waals surface area contributed by atoms with Crippen molar-refractivity contribution in [1.29, 1.82) is 0 Å². The Kier molecular flexibility index (Phi) is 2.57. The molecule has 0 aromatic carbocycles. The molecule has 4 unspecified atom stereocenters. The fourth-order valence-corrected chi connectivity index (χ4v) is 2.67. The molecular weight excluding hydrogens is 272 g/mol. The maximum Gasteiger partial charge on any atom is 0.223 e. The smallest absolute Gasteiger partial charge is 0.223 e. The first-order valence-corrected chi connectivity index (χ1v) is 6.16. The van der Waals surface area contributed by atoms with Crippen LogP contribution in [0.5, 0.6) is 0 Å². The number of fused-ring (bicyclic) bond motifs is 1. The lowest BCUT2D eigenvalue weighted by atomic mass is 9.72. The molecule has 6 heteroatoms. The molecule has 1 aliphatic carbocycles. The minimum absolute atomic E-state index is 0.147. The van der Waals surface area contributed by atoms with Crippen LogP contribution in [0.2, 0.25) is 0 Å². The summed E-state index contributed by atoms with van der Waals surface area (Å²) < 4.78 is 6.49. The van der Waals surface area contributed by atoms with Crippen LogP contribution in [-0.4, -0.2) is 34.8 Å². The summed E-state index contributed by atoms with van der Waals surface area (Å²) >= 11 is 3.30. The molecule has 1 aromatic heterocycles. The van der Waals surface area contributed by atoms with Crippen molar-refractivity contribution in [2.75, 3.05) is 11.9 Å². The molecule has 0 radical (unpaired) electrons. The van der Waals surface area contributed by atoms with Crippen LogP contribution in [0.4, 0.5) is 5.95 Å². The molecule has 5 nitrogen and oxygen atoms in total. The van der Waals surface area contributed by atoms with Crippen LogP contribution in [0.25, 0.3) is 0 Å². The van der Waals surface area contributed by atoms with E-state index in [4.69, 9.17) is 10.5 Å². The minimum atomic E-state index is 0.147. The lowest BCUT2D eigenvalue weighted by molar-refractivity contribution is 0.00509. The van der Waals surface area contributed by atoms with E-state index in [0.717, 1.165) is 17.5 Å². The van der Waals surface area contributed by atoms with Gasteiger partial charge in [0.25, 0.3) is 0 Å². The summed E-state index contributed by atoms with van der Waals surface area (Å²) in [6, 6.07) is 0.299. The fourth-order valence-electron chi connectivity index (χ4n) is 2.46. The van der Waals surface area contributed by atoms with Gasteiger partial charge in [0.15, 0.2) is 0 Å². The van der Waals surface area contributed by atoms with Crippen molar-refractivity contribution in [2.45, 2.75) is 24.6 Å². The third kappa shape index (κ3) is 1.61. The Morgan fingerprint density at radius 3 is 2.94 bits per heavy atom. The molecule has 1 aliphatic heterocycles. The Bertz CT molecular complexity index is 385. The number of rotatable bonds is 2. The van der Waals surface area contributed by atoms with Gasteiger partial charge in [-0.3, -0.25) is 0 Å². The number of nitrogens with zero attached hydrogens (tertiary/aromatic N) is 2. The van der Waals surface area contributed by atoms with Gasteiger partial charge in [0, 0.05) is 31.0 Å².